The molecule has 3 aromatic carbocycles. The van der Waals surface area contributed by atoms with Crippen molar-refractivity contribution in [2.75, 3.05) is 67.5 Å². The molecule has 2 fully saturated rings. The standard InChI is InChI=1S/C36H40FN7O4/c1-5-36(45)41-28-19-29(33(46-4)20-31(28)43-14-12-42(3)13-15-43)40-34-21-35(39-23-38-34)44-30(11-16-48-44)26-10-9-24(2)32(18-26)47-22-25-7-6-8-27(37)17-25/h5-10,17-21,23,30H,1,11-16,22H2,2-4H3,(H,41,45)(H,38,39,40)/t30-/m1/s1. The van der Waals surface area contributed by atoms with E-state index in [0.717, 1.165) is 60.7 Å². The van der Waals surface area contributed by atoms with Crippen molar-refractivity contribution in [1.29, 1.82) is 0 Å². The Hall–Kier alpha value is -5.20. The lowest BCUT2D eigenvalue weighted by atomic mass is 10.0. The summed E-state index contributed by atoms with van der Waals surface area (Å²) in [4.78, 5) is 32.0. The number of hydrogen-bond donors (Lipinski definition) is 2. The minimum atomic E-state index is -0.304. The van der Waals surface area contributed by atoms with Crippen molar-refractivity contribution in [1.82, 2.24) is 14.9 Å². The Morgan fingerprint density at radius 2 is 1.90 bits per heavy atom. The van der Waals surface area contributed by atoms with Crippen LogP contribution in [-0.4, -0.2) is 67.7 Å². The van der Waals surface area contributed by atoms with Gasteiger partial charge < -0.3 is 29.9 Å². The van der Waals surface area contributed by atoms with E-state index in [2.05, 4.69) is 50.1 Å². The molecular weight excluding hydrogens is 613 g/mol. The van der Waals surface area contributed by atoms with E-state index < -0.39 is 0 Å². The van der Waals surface area contributed by atoms with Gasteiger partial charge >= 0.3 is 0 Å². The number of anilines is 5. The van der Waals surface area contributed by atoms with Crippen molar-refractivity contribution in [3.8, 4) is 11.5 Å². The third kappa shape index (κ3) is 7.50. The predicted molar refractivity (Wildman–Crippen MR) is 185 cm³/mol. The number of methoxy groups -OCH3 is 1. The van der Waals surface area contributed by atoms with Crippen LogP contribution in [0.5, 0.6) is 11.5 Å². The zero-order valence-electron chi connectivity index (χ0n) is 27.4. The van der Waals surface area contributed by atoms with Gasteiger partial charge in [-0.1, -0.05) is 30.8 Å². The molecule has 1 atom stereocenters. The van der Waals surface area contributed by atoms with Crippen LogP contribution in [0.3, 0.4) is 0 Å². The molecular formula is C36H40FN7O4. The van der Waals surface area contributed by atoms with Crippen LogP contribution in [0.25, 0.3) is 0 Å². The number of hydrogen-bond acceptors (Lipinski definition) is 10. The number of halogens is 1. The van der Waals surface area contributed by atoms with Crippen LogP contribution in [0.4, 0.5) is 33.1 Å². The van der Waals surface area contributed by atoms with E-state index in [9.17, 15) is 9.18 Å². The topological polar surface area (TPSA) is 104 Å². The maximum Gasteiger partial charge on any atom is 0.247 e. The first-order chi connectivity index (χ1) is 23.3. The van der Waals surface area contributed by atoms with Gasteiger partial charge in [-0.05, 0) is 61.0 Å². The molecule has 2 saturated heterocycles. The number of nitrogens with zero attached hydrogens (tertiary/aromatic N) is 5. The number of likely N-dealkylation sites (N-methyl/N-ethyl adjacent to an activating group) is 1. The van der Waals surface area contributed by atoms with E-state index in [0.29, 0.717) is 35.4 Å². The quantitative estimate of drug-likeness (QED) is 0.187. The fourth-order valence-electron chi connectivity index (χ4n) is 5.87. The zero-order chi connectivity index (χ0) is 33.6. The SMILES string of the molecule is C=CC(=O)Nc1cc(Nc2cc(N3OCC[C@@H]3c3ccc(C)c(OCc4cccc(F)c4)c3)ncn2)c(OC)cc1N1CCN(C)CC1. The summed E-state index contributed by atoms with van der Waals surface area (Å²) in [6.45, 7) is 9.82. The number of carbonyl (C=O) groups excluding carboxylic acids is 1. The Bertz CT molecular complexity index is 1780. The maximum absolute atomic E-state index is 13.7. The van der Waals surface area contributed by atoms with Gasteiger partial charge in [0, 0.05) is 44.7 Å². The third-order valence-corrected chi connectivity index (χ3v) is 8.53. The lowest BCUT2D eigenvalue weighted by molar-refractivity contribution is -0.111. The number of hydroxylamine groups is 1. The number of nitrogens with one attached hydrogen (secondary N) is 2. The molecule has 0 spiro atoms. The molecule has 2 aliphatic rings. The number of ether oxygens (including phenoxy) is 2. The van der Waals surface area contributed by atoms with Crippen molar-refractivity contribution < 1.29 is 23.5 Å². The first-order valence-corrected chi connectivity index (χ1v) is 15.9. The number of amides is 1. The summed E-state index contributed by atoms with van der Waals surface area (Å²) in [5.74, 6) is 1.82. The summed E-state index contributed by atoms with van der Waals surface area (Å²) in [6.07, 6.45) is 3.47. The summed E-state index contributed by atoms with van der Waals surface area (Å²) in [5.41, 5.74) is 4.87. The molecule has 12 heteroatoms. The minimum Gasteiger partial charge on any atom is -0.494 e. The van der Waals surface area contributed by atoms with Crippen molar-refractivity contribution in [2.45, 2.75) is 26.0 Å². The molecule has 0 aliphatic carbocycles. The number of piperazine rings is 1. The Labute approximate surface area is 279 Å². The molecule has 11 nitrogen and oxygen atoms in total. The van der Waals surface area contributed by atoms with Crippen molar-refractivity contribution in [3.63, 3.8) is 0 Å². The van der Waals surface area contributed by atoms with Crippen LogP contribution < -0.4 is 30.1 Å². The summed E-state index contributed by atoms with van der Waals surface area (Å²) in [5, 5.41) is 8.10. The predicted octanol–water partition coefficient (Wildman–Crippen LogP) is 6.01. The van der Waals surface area contributed by atoms with Crippen LogP contribution in [0, 0.1) is 12.7 Å². The van der Waals surface area contributed by atoms with Gasteiger partial charge in [0.25, 0.3) is 0 Å². The largest absolute Gasteiger partial charge is 0.494 e. The van der Waals surface area contributed by atoms with Crippen molar-refractivity contribution in [2.24, 2.45) is 0 Å². The lowest BCUT2D eigenvalue weighted by Crippen LogP contribution is -2.44. The molecule has 0 radical (unpaired) electrons. The molecule has 4 aromatic rings. The van der Waals surface area contributed by atoms with Gasteiger partial charge in [-0.3, -0.25) is 9.63 Å². The fourth-order valence-corrected chi connectivity index (χ4v) is 5.87. The molecule has 3 heterocycles. The van der Waals surface area contributed by atoms with Crippen LogP contribution >= 0.6 is 0 Å². The molecule has 48 heavy (non-hydrogen) atoms. The van der Waals surface area contributed by atoms with Crippen molar-refractivity contribution >= 4 is 34.6 Å². The van der Waals surface area contributed by atoms with Crippen LogP contribution in [0.1, 0.15) is 29.2 Å². The molecule has 1 aromatic heterocycles. The second-order valence-corrected chi connectivity index (χ2v) is 11.8. The molecule has 0 saturated carbocycles. The Morgan fingerprint density at radius 1 is 1.06 bits per heavy atom. The second kappa shape index (κ2) is 14.7. The number of aryl methyl sites for hydroxylation is 1. The molecule has 0 bridgehead atoms. The molecule has 2 aliphatic heterocycles. The number of carbonyl (C=O) groups is 1. The zero-order valence-corrected chi connectivity index (χ0v) is 27.4. The summed E-state index contributed by atoms with van der Waals surface area (Å²) in [6, 6.07) is 18.0. The van der Waals surface area contributed by atoms with E-state index >= 15 is 0 Å². The van der Waals surface area contributed by atoms with Gasteiger partial charge in [0.15, 0.2) is 5.82 Å². The first-order valence-electron chi connectivity index (χ1n) is 15.9. The van der Waals surface area contributed by atoms with Gasteiger partial charge in [0.05, 0.1) is 36.8 Å². The number of aromatic nitrogens is 2. The molecule has 0 unspecified atom stereocenters. The third-order valence-electron chi connectivity index (χ3n) is 8.53. The second-order valence-electron chi connectivity index (χ2n) is 11.8. The Kier molecular flexibility index (Phi) is 10.0. The smallest absolute Gasteiger partial charge is 0.247 e. The average Bonchev–Trinajstić information content (AvgIpc) is 3.59. The average molecular weight is 654 g/mol. The Morgan fingerprint density at radius 3 is 2.67 bits per heavy atom. The van der Waals surface area contributed by atoms with Gasteiger partial charge in [-0.25, -0.2) is 19.4 Å². The molecule has 250 valence electrons. The fraction of sp³-hybridized carbons (Fsp3) is 0.306. The summed E-state index contributed by atoms with van der Waals surface area (Å²) >= 11 is 0. The van der Waals surface area contributed by atoms with E-state index in [1.54, 1.807) is 18.2 Å². The summed E-state index contributed by atoms with van der Waals surface area (Å²) < 4.78 is 25.6. The summed E-state index contributed by atoms with van der Waals surface area (Å²) in [7, 11) is 3.71. The first kappa shape index (κ1) is 32.7. The van der Waals surface area contributed by atoms with Gasteiger partial charge in [0.2, 0.25) is 5.91 Å². The highest BCUT2D eigenvalue weighted by atomic mass is 19.1. The van der Waals surface area contributed by atoms with E-state index in [1.165, 1.54) is 24.5 Å². The molecule has 1 amide bonds. The van der Waals surface area contributed by atoms with E-state index in [1.807, 2.05) is 43.3 Å². The molecule has 2 N–H and O–H groups in total. The number of rotatable bonds is 11. The number of benzene rings is 3. The highest BCUT2D eigenvalue weighted by Gasteiger charge is 2.30. The van der Waals surface area contributed by atoms with Gasteiger partial charge in [0.1, 0.15) is 36.1 Å². The van der Waals surface area contributed by atoms with Crippen molar-refractivity contribution in [3.05, 3.63) is 102 Å². The lowest BCUT2D eigenvalue weighted by Gasteiger charge is -2.35. The van der Waals surface area contributed by atoms with Gasteiger partial charge in [-0.2, -0.15) is 0 Å². The van der Waals surface area contributed by atoms with Crippen LogP contribution in [-0.2, 0) is 16.2 Å². The minimum absolute atomic E-state index is 0.122. The monoisotopic (exact) mass is 653 g/mol. The highest BCUT2D eigenvalue weighted by Crippen LogP contribution is 2.40. The van der Waals surface area contributed by atoms with E-state index in [4.69, 9.17) is 14.3 Å². The Balaban J connectivity index is 1.23. The van der Waals surface area contributed by atoms with Crippen LogP contribution in [0.15, 0.2) is 79.6 Å². The maximum atomic E-state index is 13.7. The van der Waals surface area contributed by atoms with Crippen LogP contribution in [0.2, 0.25) is 0 Å². The highest BCUT2D eigenvalue weighted by molar-refractivity contribution is 6.02. The normalized spacial score (nSPS) is 16.5. The molecule has 6 rings (SSSR count). The van der Waals surface area contributed by atoms with Gasteiger partial charge in [-0.15, -0.1) is 0 Å². The van der Waals surface area contributed by atoms with E-state index in [-0.39, 0.29) is 24.4 Å².